The van der Waals surface area contributed by atoms with E-state index in [1.807, 2.05) is 6.08 Å². The molecule has 2 aliphatic heterocycles. The van der Waals surface area contributed by atoms with Gasteiger partial charge in [-0.3, -0.25) is 4.90 Å². The number of nitrogens with zero attached hydrogens (tertiary/aromatic N) is 1. The molecule has 0 amide bonds. The number of halogens is 3. The third-order valence-corrected chi connectivity index (χ3v) is 4.50. The van der Waals surface area contributed by atoms with Crippen molar-refractivity contribution in [2.75, 3.05) is 7.05 Å². The molecule has 21 heavy (non-hydrogen) atoms. The Bertz CT molecular complexity index is 558. The van der Waals surface area contributed by atoms with Crippen LogP contribution in [0, 0.1) is 5.82 Å². The quantitative estimate of drug-likeness (QED) is 0.834. The molecule has 2 unspecified atom stereocenters. The lowest BCUT2D eigenvalue weighted by molar-refractivity contribution is -0.0502. The first-order valence-corrected chi connectivity index (χ1v) is 7.22. The minimum atomic E-state index is -2.95. The third-order valence-electron chi connectivity index (χ3n) is 4.50. The van der Waals surface area contributed by atoms with Gasteiger partial charge in [-0.2, -0.15) is 8.78 Å². The summed E-state index contributed by atoms with van der Waals surface area (Å²) in [6, 6.07) is 4.70. The van der Waals surface area contributed by atoms with Crippen LogP contribution in [0.15, 0.2) is 24.3 Å². The first-order valence-electron chi connectivity index (χ1n) is 7.22. The molecule has 5 heteroatoms. The van der Waals surface area contributed by atoms with E-state index in [1.54, 1.807) is 0 Å². The molecule has 2 aliphatic rings. The smallest absolute Gasteiger partial charge is 0.387 e. The van der Waals surface area contributed by atoms with Crippen molar-refractivity contribution in [2.45, 2.75) is 44.4 Å². The van der Waals surface area contributed by atoms with E-state index in [9.17, 15) is 13.2 Å². The second-order valence-corrected chi connectivity index (χ2v) is 5.71. The van der Waals surface area contributed by atoms with Crippen molar-refractivity contribution in [3.63, 3.8) is 0 Å². The van der Waals surface area contributed by atoms with Gasteiger partial charge in [0, 0.05) is 12.1 Å². The Balaban J connectivity index is 2.00. The molecule has 1 aromatic carbocycles. The van der Waals surface area contributed by atoms with Crippen LogP contribution in [0.3, 0.4) is 0 Å². The summed E-state index contributed by atoms with van der Waals surface area (Å²) in [4.78, 5) is 2.29. The van der Waals surface area contributed by atoms with E-state index in [4.69, 9.17) is 0 Å². The van der Waals surface area contributed by atoms with Gasteiger partial charge in [-0.15, -0.1) is 0 Å². The van der Waals surface area contributed by atoms with Crippen LogP contribution >= 0.6 is 0 Å². The van der Waals surface area contributed by atoms with E-state index < -0.39 is 12.4 Å². The molecule has 0 N–H and O–H groups in total. The highest BCUT2D eigenvalue weighted by Gasteiger charge is 2.33. The highest BCUT2D eigenvalue weighted by Crippen LogP contribution is 2.40. The highest BCUT2D eigenvalue weighted by molar-refractivity contribution is 5.72. The summed E-state index contributed by atoms with van der Waals surface area (Å²) in [5, 5.41) is 0. The zero-order chi connectivity index (χ0) is 15.0. The molecule has 2 nitrogen and oxygen atoms in total. The van der Waals surface area contributed by atoms with E-state index in [0.717, 1.165) is 24.8 Å². The average Bonchev–Trinajstić information content (AvgIpc) is 2.38. The molecule has 0 radical (unpaired) electrons. The molecule has 2 bridgehead atoms. The molecule has 1 fully saturated rings. The predicted molar refractivity (Wildman–Crippen MR) is 74.8 cm³/mol. The molecule has 2 atom stereocenters. The second kappa shape index (κ2) is 5.72. The van der Waals surface area contributed by atoms with E-state index in [-0.39, 0.29) is 17.4 Å². The topological polar surface area (TPSA) is 12.5 Å². The van der Waals surface area contributed by atoms with Crippen molar-refractivity contribution < 1.29 is 17.9 Å². The Morgan fingerprint density at radius 3 is 2.81 bits per heavy atom. The fourth-order valence-electron chi connectivity index (χ4n) is 3.44. The standard InChI is InChI=1S/C16H18F3NO/c1-20-11-4-2-5-12(20)9-10(8-11)15-13(17)6-3-7-14(15)21-16(18)19/h3,6-8,11-12,16H,2,4-5,9H2,1H3. The number of piperidine rings is 1. The van der Waals surface area contributed by atoms with Gasteiger partial charge in [0.15, 0.2) is 0 Å². The molecule has 0 aliphatic carbocycles. The molecule has 1 aromatic rings. The minimum absolute atomic E-state index is 0.0705. The van der Waals surface area contributed by atoms with E-state index in [2.05, 4.69) is 16.7 Å². The average molecular weight is 297 g/mol. The van der Waals surface area contributed by atoms with Crippen LogP contribution in [0.5, 0.6) is 5.75 Å². The number of alkyl halides is 2. The Labute approximate surface area is 122 Å². The van der Waals surface area contributed by atoms with Crippen LogP contribution in [0.4, 0.5) is 13.2 Å². The normalized spacial score (nSPS) is 25.9. The van der Waals surface area contributed by atoms with Crippen LogP contribution in [-0.2, 0) is 0 Å². The van der Waals surface area contributed by atoms with Gasteiger partial charge in [0.2, 0.25) is 0 Å². The molecular formula is C16H18F3NO. The maximum absolute atomic E-state index is 14.2. The Morgan fingerprint density at radius 2 is 2.10 bits per heavy atom. The van der Waals surface area contributed by atoms with E-state index in [1.165, 1.54) is 18.2 Å². The van der Waals surface area contributed by atoms with E-state index >= 15 is 0 Å². The SMILES string of the molecule is CN1C2C=C(c3c(F)cccc3OC(F)F)CC1CCC2. The Morgan fingerprint density at radius 1 is 1.29 bits per heavy atom. The predicted octanol–water partition coefficient (Wildman–Crippen LogP) is 4.07. The monoisotopic (exact) mass is 297 g/mol. The van der Waals surface area contributed by atoms with Crippen molar-refractivity contribution in [3.05, 3.63) is 35.7 Å². The van der Waals surface area contributed by atoms with Crippen LogP contribution in [-0.4, -0.2) is 30.6 Å². The first-order chi connectivity index (χ1) is 10.1. The second-order valence-electron chi connectivity index (χ2n) is 5.71. The van der Waals surface area contributed by atoms with Crippen molar-refractivity contribution in [1.82, 2.24) is 4.90 Å². The van der Waals surface area contributed by atoms with Crippen molar-refractivity contribution in [1.29, 1.82) is 0 Å². The summed E-state index contributed by atoms with van der Waals surface area (Å²) >= 11 is 0. The molecule has 0 aromatic heterocycles. The van der Waals surface area contributed by atoms with Crippen molar-refractivity contribution >= 4 is 5.57 Å². The van der Waals surface area contributed by atoms with Crippen molar-refractivity contribution in [2.24, 2.45) is 0 Å². The van der Waals surface area contributed by atoms with Crippen LogP contribution < -0.4 is 4.74 Å². The molecule has 1 saturated heterocycles. The van der Waals surface area contributed by atoms with Gasteiger partial charge in [-0.05, 0) is 44.0 Å². The number of hydrogen-bond acceptors (Lipinski definition) is 2. The summed E-state index contributed by atoms with van der Waals surface area (Å²) < 4.78 is 43.7. The zero-order valence-electron chi connectivity index (χ0n) is 11.9. The lowest BCUT2D eigenvalue weighted by atomic mass is 9.83. The molecular weight excluding hydrogens is 279 g/mol. The first kappa shape index (κ1) is 14.4. The van der Waals surface area contributed by atoms with Crippen LogP contribution in [0.1, 0.15) is 31.2 Å². The maximum atomic E-state index is 14.2. The van der Waals surface area contributed by atoms with Gasteiger partial charge in [-0.1, -0.05) is 18.6 Å². The molecule has 0 spiro atoms. The lowest BCUT2D eigenvalue weighted by Gasteiger charge is -2.43. The Hall–Kier alpha value is -1.49. The van der Waals surface area contributed by atoms with Gasteiger partial charge in [0.05, 0.1) is 5.56 Å². The maximum Gasteiger partial charge on any atom is 0.387 e. The van der Waals surface area contributed by atoms with Gasteiger partial charge in [0.25, 0.3) is 0 Å². The van der Waals surface area contributed by atoms with Gasteiger partial charge < -0.3 is 4.74 Å². The molecule has 2 heterocycles. The van der Waals surface area contributed by atoms with Crippen LogP contribution in [0.25, 0.3) is 5.57 Å². The molecule has 114 valence electrons. The van der Waals surface area contributed by atoms with Gasteiger partial charge in [-0.25, -0.2) is 4.39 Å². The van der Waals surface area contributed by atoms with Crippen molar-refractivity contribution in [3.8, 4) is 5.75 Å². The summed E-state index contributed by atoms with van der Waals surface area (Å²) in [6.07, 6.45) is 5.92. The number of benzene rings is 1. The summed E-state index contributed by atoms with van der Waals surface area (Å²) in [5.74, 6) is -0.569. The number of ether oxygens (including phenoxy) is 1. The summed E-state index contributed by atoms with van der Waals surface area (Å²) in [5.41, 5.74) is 0.986. The van der Waals surface area contributed by atoms with Gasteiger partial charge in [0.1, 0.15) is 11.6 Å². The largest absolute Gasteiger partial charge is 0.434 e. The molecule has 3 rings (SSSR count). The molecule has 0 saturated carbocycles. The fraction of sp³-hybridized carbons (Fsp3) is 0.500. The number of likely N-dealkylation sites (N-methyl/N-ethyl adjacent to an activating group) is 1. The van der Waals surface area contributed by atoms with E-state index in [0.29, 0.717) is 12.5 Å². The lowest BCUT2D eigenvalue weighted by Crippen LogP contribution is -2.45. The summed E-state index contributed by atoms with van der Waals surface area (Å²) in [7, 11) is 2.07. The van der Waals surface area contributed by atoms with Gasteiger partial charge >= 0.3 is 6.61 Å². The third kappa shape index (κ3) is 2.79. The number of fused-ring (bicyclic) bond motifs is 2. The highest BCUT2D eigenvalue weighted by atomic mass is 19.3. The van der Waals surface area contributed by atoms with Crippen LogP contribution in [0.2, 0.25) is 0 Å². The fourth-order valence-corrected chi connectivity index (χ4v) is 3.44. The zero-order valence-corrected chi connectivity index (χ0v) is 11.9. The Kier molecular flexibility index (Phi) is 3.93. The number of rotatable bonds is 3. The number of hydrogen-bond donors (Lipinski definition) is 0. The minimum Gasteiger partial charge on any atom is -0.434 e. The summed E-state index contributed by atoms with van der Waals surface area (Å²) in [6.45, 7) is -2.95.